The summed E-state index contributed by atoms with van der Waals surface area (Å²) in [4.78, 5) is 4.24. The second-order valence-electron chi connectivity index (χ2n) is 4.10. The van der Waals surface area contributed by atoms with Crippen LogP contribution >= 0.6 is 10.7 Å². The lowest BCUT2D eigenvalue weighted by atomic mass is 10.2. The van der Waals surface area contributed by atoms with Crippen LogP contribution in [0.15, 0.2) is 35.4 Å². The Kier molecular flexibility index (Phi) is 4.27. The topological polar surface area (TPSA) is 56.3 Å². The van der Waals surface area contributed by atoms with Crippen molar-refractivity contribution in [3.05, 3.63) is 30.5 Å². The molecule has 0 aliphatic rings. The first-order chi connectivity index (χ1) is 9.04. The molecule has 19 heavy (non-hydrogen) atoms. The lowest BCUT2D eigenvalue weighted by molar-refractivity contribution is 0.312. The quantitative estimate of drug-likeness (QED) is 0.627. The highest BCUT2D eigenvalue weighted by Gasteiger charge is 2.17. The molecule has 0 saturated carbocycles. The molecule has 1 aromatic carbocycles. The number of halogens is 1. The lowest BCUT2D eigenvalue weighted by Gasteiger charge is -2.10. The fourth-order valence-electron chi connectivity index (χ4n) is 1.78. The van der Waals surface area contributed by atoms with E-state index in [9.17, 15) is 8.42 Å². The van der Waals surface area contributed by atoms with E-state index in [-0.39, 0.29) is 4.90 Å². The fraction of sp³-hybridized carbons (Fsp3) is 0.308. The third-order valence-corrected chi connectivity index (χ3v) is 4.09. The molecule has 102 valence electrons. The van der Waals surface area contributed by atoms with Crippen LogP contribution in [0.3, 0.4) is 0 Å². The molecule has 1 heterocycles. The van der Waals surface area contributed by atoms with Crippen LogP contribution in [0.2, 0.25) is 0 Å². The van der Waals surface area contributed by atoms with Gasteiger partial charge in [0, 0.05) is 22.3 Å². The first-order valence-corrected chi connectivity index (χ1v) is 8.30. The molecule has 1 aromatic heterocycles. The van der Waals surface area contributed by atoms with Crippen LogP contribution in [0.4, 0.5) is 0 Å². The first kappa shape index (κ1) is 14.1. The van der Waals surface area contributed by atoms with E-state index in [4.69, 9.17) is 15.4 Å². The Morgan fingerprint density at radius 1 is 1.32 bits per heavy atom. The van der Waals surface area contributed by atoms with Gasteiger partial charge >= 0.3 is 0 Å². The molecule has 0 aliphatic heterocycles. The number of ether oxygens (including phenoxy) is 1. The second kappa shape index (κ2) is 5.75. The minimum Gasteiger partial charge on any atom is -0.491 e. The molecule has 0 bridgehead atoms. The minimum absolute atomic E-state index is 0.0557. The molecule has 0 saturated heterocycles. The van der Waals surface area contributed by atoms with E-state index < -0.39 is 9.05 Å². The van der Waals surface area contributed by atoms with Gasteiger partial charge in [0.15, 0.2) is 0 Å². The van der Waals surface area contributed by atoms with Crippen LogP contribution in [0, 0.1) is 0 Å². The number of nitrogens with zero attached hydrogens (tertiary/aromatic N) is 1. The molecule has 0 unspecified atom stereocenters. The molecule has 6 heteroatoms. The second-order valence-corrected chi connectivity index (χ2v) is 6.64. The van der Waals surface area contributed by atoms with Crippen molar-refractivity contribution in [2.75, 3.05) is 6.61 Å². The zero-order chi connectivity index (χ0) is 13.9. The molecule has 0 amide bonds. The number of fused-ring (bicyclic) bond motifs is 1. The van der Waals surface area contributed by atoms with Crippen molar-refractivity contribution in [2.45, 2.75) is 24.7 Å². The van der Waals surface area contributed by atoms with E-state index in [1.807, 2.05) is 0 Å². The highest BCUT2D eigenvalue weighted by molar-refractivity contribution is 8.14. The maximum Gasteiger partial charge on any atom is 0.261 e. The molecule has 0 N–H and O–H groups in total. The maximum atomic E-state index is 11.5. The van der Waals surface area contributed by atoms with E-state index in [0.29, 0.717) is 23.3 Å². The Morgan fingerprint density at radius 3 is 2.79 bits per heavy atom. The Hall–Kier alpha value is -1.33. The fourth-order valence-corrected chi connectivity index (χ4v) is 2.84. The zero-order valence-electron chi connectivity index (χ0n) is 10.5. The van der Waals surface area contributed by atoms with Crippen molar-refractivity contribution in [3.8, 4) is 5.75 Å². The summed E-state index contributed by atoms with van der Waals surface area (Å²) in [6.07, 6.45) is 3.56. The first-order valence-electron chi connectivity index (χ1n) is 5.99. The number of pyridine rings is 1. The Bertz CT molecular complexity index is 685. The number of aromatic nitrogens is 1. The SMILES string of the molecule is CCCCOc1ccc(S(=O)(=O)Cl)c2cccnc12. The van der Waals surface area contributed by atoms with Crippen molar-refractivity contribution in [2.24, 2.45) is 0 Å². The predicted molar refractivity (Wildman–Crippen MR) is 75.2 cm³/mol. The molecule has 0 radical (unpaired) electrons. The number of hydrogen-bond donors (Lipinski definition) is 0. The molecule has 0 fully saturated rings. The standard InChI is InChI=1S/C13H14ClNO3S/c1-2-3-9-18-11-6-7-12(19(14,16)17)10-5-4-8-15-13(10)11/h4-8H,2-3,9H2,1H3. The van der Waals surface area contributed by atoms with Gasteiger partial charge in [-0.15, -0.1) is 0 Å². The van der Waals surface area contributed by atoms with Crippen LogP contribution in [0.25, 0.3) is 10.9 Å². The van der Waals surface area contributed by atoms with Crippen molar-refractivity contribution in [1.82, 2.24) is 4.98 Å². The zero-order valence-corrected chi connectivity index (χ0v) is 12.0. The molecule has 0 atom stereocenters. The van der Waals surface area contributed by atoms with Gasteiger partial charge in [-0.1, -0.05) is 13.3 Å². The van der Waals surface area contributed by atoms with Gasteiger partial charge in [-0.05, 0) is 30.7 Å². The normalized spacial score (nSPS) is 11.7. The van der Waals surface area contributed by atoms with E-state index in [1.165, 1.54) is 6.07 Å². The summed E-state index contributed by atoms with van der Waals surface area (Å²) in [7, 11) is 1.63. The maximum absolute atomic E-state index is 11.5. The molecule has 0 spiro atoms. The summed E-state index contributed by atoms with van der Waals surface area (Å²) in [6.45, 7) is 2.65. The number of rotatable bonds is 5. The van der Waals surface area contributed by atoms with Crippen molar-refractivity contribution < 1.29 is 13.2 Å². The molecule has 2 aromatic rings. The van der Waals surface area contributed by atoms with Gasteiger partial charge in [-0.2, -0.15) is 0 Å². The van der Waals surface area contributed by atoms with Gasteiger partial charge in [0.2, 0.25) is 0 Å². The molecular weight excluding hydrogens is 286 g/mol. The Labute approximate surface area is 116 Å². The number of unbranched alkanes of at least 4 members (excludes halogenated alkanes) is 1. The summed E-state index contributed by atoms with van der Waals surface area (Å²) < 4.78 is 28.7. The predicted octanol–water partition coefficient (Wildman–Crippen LogP) is 3.34. The minimum atomic E-state index is -3.79. The number of hydrogen-bond acceptors (Lipinski definition) is 4. The van der Waals surface area contributed by atoms with Crippen molar-refractivity contribution >= 4 is 30.6 Å². The average Bonchev–Trinajstić information content (AvgIpc) is 2.37. The van der Waals surface area contributed by atoms with Gasteiger partial charge in [-0.3, -0.25) is 4.98 Å². The molecule has 2 rings (SSSR count). The lowest BCUT2D eigenvalue weighted by Crippen LogP contribution is -2.00. The highest BCUT2D eigenvalue weighted by atomic mass is 35.7. The summed E-state index contributed by atoms with van der Waals surface area (Å²) in [5.41, 5.74) is 0.514. The van der Waals surface area contributed by atoms with E-state index in [1.54, 1.807) is 24.4 Å². The third-order valence-electron chi connectivity index (χ3n) is 2.71. The third kappa shape index (κ3) is 3.16. The van der Waals surface area contributed by atoms with E-state index in [0.717, 1.165) is 12.8 Å². The van der Waals surface area contributed by atoms with Crippen LogP contribution in [0.5, 0.6) is 5.75 Å². The van der Waals surface area contributed by atoms with Crippen LogP contribution in [-0.2, 0) is 9.05 Å². The van der Waals surface area contributed by atoms with Crippen LogP contribution < -0.4 is 4.74 Å². The molecule has 0 aliphatic carbocycles. The summed E-state index contributed by atoms with van der Waals surface area (Å²) >= 11 is 0. The molecular formula is C13H14ClNO3S. The van der Waals surface area contributed by atoms with Gasteiger partial charge in [0.05, 0.1) is 11.5 Å². The molecule has 4 nitrogen and oxygen atoms in total. The van der Waals surface area contributed by atoms with Crippen molar-refractivity contribution in [3.63, 3.8) is 0 Å². The monoisotopic (exact) mass is 299 g/mol. The summed E-state index contributed by atoms with van der Waals surface area (Å²) in [5, 5.41) is 0.478. The van der Waals surface area contributed by atoms with Gasteiger partial charge in [0.25, 0.3) is 9.05 Å². The summed E-state index contributed by atoms with van der Waals surface area (Å²) in [6, 6.07) is 6.39. The smallest absolute Gasteiger partial charge is 0.261 e. The Balaban J connectivity index is 2.52. The highest BCUT2D eigenvalue weighted by Crippen LogP contribution is 2.31. The van der Waals surface area contributed by atoms with Crippen LogP contribution in [-0.4, -0.2) is 20.0 Å². The van der Waals surface area contributed by atoms with Crippen LogP contribution in [0.1, 0.15) is 19.8 Å². The number of benzene rings is 1. The van der Waals surface area contributed by atoms with E-state index >= 15 is 0 Å². The van der Waals surface area contributed by atoms with Gasteiger partial charge < -0.3 is 4.74 Å². The summed E-state index contributed by atoms with van der Waals surface area (Å²) in [5.74, 6) is 0.577. The Morgan fingerprint density at radius 2 is 2.11 bits per heavy atom. The average molecular weight is 300 g/mol. The van der Waals surface area contributed by atoms with Crippen molar-refractivity contribution in [1.29, 1.82) is 0 Å². The van der Waals surface area contributed by atoms with E-state index in [2.05, 4.69) is 11.9 Å². The van der Waals surface area contributed by atoms with Gasteiger partial charge in [0.1, 0.15) is 11.3 Å². The van der Waals surface area contributed by atoms with Gasteiger partial charge in [-0.25, -0.2) is 8.42 Å². The largest absolute Gasteiger partial charge is 0.491 e.